The highest BCUT2D eigenvalue weighted by atomic mass is 14.2. The molecular weight excluding hydrogens is 312 g/mol. The Bertz CT molecular complexity index is 722. The lowest BCUT2D eigenvalue weighted by molar-refractivity contribution is 0.445. The average molecular weight is 349 g/mol. The summed E-state index contributed by atoms with van der Waals surface area (Å²) in [7, 11) is 0. The normalized spacial score (nSPS) is 17.5. The van der Waals surface area contributed by atoms with Crippen LogP contribution in [0.3, 0.4) is 0 Å². The molecule has 1 atom stereocenters. The van der Waals surface area contributed by atoms with Gasteiger partial charge in [-0.25, -0.2) is 0 Å². The molecular formula is C26H36. The lowest BCUT2D eigenvalue weighted by Gasteiger charge is -2.21. The SMILES string of the molecule is CCCCCCCc1ccc2cc(C3=CCC(CCC)CC3)ccc2c1. The highest BCUT2D eigenvalue weighted by Gasteiger charge is 2.14. The molecule has 26 heavy (non-hydrogen) atoms. The maximum Gasteiger partial charge on any atom is -0.0178 e. The number of unbranched alkanes of at least 4 members (excludes halogenated alkanes) is 4. The van der Waals surface area contributed by atoms with E-state index in [2.05, 4.69) is 56.3 Å². The molecule has 0 fully saturated rings. The van der Waals surface area contributed by atoms with Gasteiger partial charge in [0.1, 0.15) is 0 Å². The van der Waals surface area contributed by atoms with Gasteiger partial charge in [0, 0.05) is 0 Å². The Labute approximate surface area is 160 Å². The van der Waals surface area contributed by atoms with E-state index in [0.29, 0.717) is 0 Å². The maximum absolute atomic E-state index is 2.51. The second kappa shape index (κ2) is 9.95. The molecule has 0 saturated carbocycles. The van der Waals surface area contributed by atoms with E-state index in [0.717, 1.165) is 5.92 Å². The number of hydrogen-bond acceptors (Lipinski definition) is 0. The molecule has 2 aromatic rings. The number of aryl methyl sites for hydroxylation is 1. The van der Waals surface area contributed by atoms with Gasteiger partial charge in [-0.3, -0.25) is 0 Å². The Morgan fingerprint density at radius 2 is 1.65 bits per heavy atom. The van der Waals surface area contributed by atoms with Gasteiger partial charge in [-0.1, -0.05) is 88.8 Å². The van der Waals surface area contributed by atoms with Crippen LogP contribution in [0.4, 0.5) is 0 Å². The van der Waals surface area contributed by atoms with Crippen LogP contribution in [-0.4, -0.2) is 0 Å². The van der Waals surface area contributed by atoms with Crippen molar-refractivity contribution < 1.29 is 0 Å². The summed E-state index contributed by atoms with van der Waals surface area (Å²) < 4.78 is 0. The van der Waals surface area contributed by atoms with Crippen molar-refractivity contribution in [2.45, 2.75) is 84.5 Å². The molecule has 1 unspecified atom stereocenters. The largest absolute Gasteiger partial charge is 0.0804 e. The zero-order valence-corrected chi connectivity index (χ0v) is 16.9. The van der Waals surface area contributed by atoms with Gasteiger partial charge < -0.3 is 0 Å². The van der Waals surface area contributed by atoms with Gasteiger partial charge in [0.05, 0.1) is 0 Å². The summed E-state index contributed by atoms with van der Waals surface area (Å²) in [4.78, 5) is 0. The maximum atomic E-state index is 2.51. The van der Waals surface area contributed by atoms with Crippen molar-refractivity contribution in [2.24, 2.45) is 5.92 Å². The van der Waals surface area contributed by atoms with E-state index in [1.807, 2.05) is 0 Å². The third-order valence-electron chi connectivity index (χ3n) is 6.06. The monoisotopic (exact) mass is 348 g/mol. The molecule has 0 aliphatic heterocycles. The fourth-order valence-electron chi connectivity index (χ4n) is 4.40. The number of fused-ring (bicyclic) bond motifs is 1. The molecule has 3 rings (SSSR count). The van der Waals surface area contributed by atoms with Crippen LogP contribution < -0.4 is 0 Å². The van der Waals surface area contributed by atoms with Crippen molar-refractivity contribution in [1.29, 1.82) is 0 Å². The molecule has 0 spiro atoms. The summed E-state index contributed by atoms with van der Waals surface area (Å²) >= 11 is 0. The molecule has 1 aliphatic carbocycles. The number of rotatable bonds is 9. The Morgan fingerprint density at radius 1 is 0.846 bits per heavy atom. The minimum atomic E-state index is 0.920. The quantitative estimate of drug-likeness (QED) is 0.399. The van der Waals surface area contributed by atoms with Crippen molar-refractivity contribution in [1.82, 2.24) is 0 Å². The second-order valence-electron chi connectivity index (χ2n) is 8.22. The lowest BCUT2D eigenvalue weighted by Crippen LogP contribution is -2.05. The Hall–Kier alpha value is -1.56. The van der Waals surface area contributed by atoms with Gasteiger partial charge in [-0.2, -0.15) is 0 Å². The molecule has 140 valence electrons. The van der Waals surface area contributed by atoms with Crippen LogP contribution >= 0.6 is 0 Å². The third-order valence-corrected chi connectivity index (χ3v) is 6.06. The molecule has 0 amide bonds. The molecule has 0 bridgehead atoms. The summed E-state index contributed by atoms with van der Waals surface area (Å²) in [6.07, 6.45) is 17.2. The van der Waals surface area contributed by atoms with Gasteiger partial charge >= 0.3 is 0 Å². The zero-order chi connectivity index (χ0) is 18.2. The van der Waals surface area contributed by atoms with Gasteiger partial charge in [-0.15, -0.1) is 0 Å². The van der Waals surface area contributed by atoms with Crippen molar-refractivity contribution in [2.75, 3.05) is 0 Å². The van der Waals surface area contributed by atoms with Gasteiger partial charge in [0.2, 0.25) is 0 Å². The molecule has 0 aromatic heterocycles. The Kier molecular flexibility index (Phi) is 7.35. The van der Waals surface area contributed by atoms with Crippen LogP contribution in [0, 0.1) is 5.92 Å². The minimum Gasteiger partial charge on any atom is -0.0804 e. The topological polar surface area (TPSA) is 0 Å². The van der Waals surface area contributed by atoms with Crippen molar-refractivity contribution >= 4 is 16.3 Å². The first-order valence-corrected chi connectivity index (χ1v) is 11.0. The first-order valence-electron chi connectivity index (χ1n) is 11.0. The predicted octanol–water partition coefficient (Wildman–Crippen LogP) is 8.34. The van der Waals surface area contributed by atoms with E-state index < -0.39 is 0 Å². The first kappa shape index (κ1) is 19.2. The molecule has 2 aromatic carbocycles. The minimum absolute atomic E-state index is 0.920. The molecule has 0 nitrogen and oxygen atoms in total. The van der Waals surface area contributed by atoms with E-state index >= 15 is 0 Å². The van der Waals surface area contributed by atoms with Crippen molar-refractivity contribution in [3.8, 4) is 0 Å². The fraction of sp³-hybridized carbons (Fsp3) is 0.538. The smallest absolute Gasteiger partial charge is 0.0178 e. The number of hydrogen-bond donors (Lipinski definition) is 0. The molecule has 0 heteroatoms. The highest BCUT2D eigenvalue weighted by Crippen LogP contribution is 2.33. The average Bonchev–Trinajstić information content (AvgIpc) is 2.68. The Morgan fingerprint density at radius 3 is 2.42 bits per heavy atom. The second-order valence-corrected chi connectivity index (χ2v) is 8.22. The molecule has 0 saturated heterocycles. The predicted molar refractivity (Wildman–Crippen MR) is 117 cm³/mol. The summed E-state index contributed by atoms with van der Waals surface area (Å²) in [5, 5.41) is 2.80. The molecule has 0 heterocycles. The van der Waals surface area contributed by atoms with Gasteiger partial charge in [0.15, 0.2) is 0 Å². The summed E-state index contributed by atoms with van der Waals surface area (Å²) in [6, 6.07) is 14.2. The van der Waals surface area contributed by atoms with Crippen LogP contribution in [0.5, 0.6) is 0 Å². The Balaban J connectivity index is 1.63. The summed E-state index contributed by atoms with van der Waals surface area (Å²) in [5.74, 6) is 0.920. The third kappa shape index (κ3) is 5.22. The highest BCUT2D eigenvalue weighted by molar-refractivity contribution is 5.87. The van der Waals surface area contributed by atoms with Crippen molar-refractivity contribution in [3.63, 3.8) is 0 Å². The van der Waals surface area contributed by atoms with E-state index in [1.54, 1.807) is 5.57 Å². The van der Waals surface area contributed by atoms with Crippen LogP contribution in [0.15, 0.2) is 42.5 Å². The van der Waals surface area contributed by atoms with E-state index in [-0.39, 0.29) is 0 Å². The summed E-state index contributed by atoms with van der Waals surface area (Å²) in [5.41, 5.74) is 4.51. The van der Waals surface area contributed by atoms with E-state index in [9.17, 15) is 0 Å². The zero-order valence-electron chi connectivity index (χ0n) is 16.9. The van der Waals surface area contributed by atoms with Crippen LogP contribution in [0.2, 0.25) is 0 Å². The van der Waals surface area contributed by atoms with Crippen LogP contribution in [0.1, 0.15) is 89.2 Å². The first-order chi connectivity index (χ1) is 12.8. The van der Waals surface area contributed by atoms with Gasteiger partial charge in [0.25, 0.3) is 0 Å². The lowest BCUT2D eigenvalue weighted by atomic mass is 9.84. The number of benzene rings is 2. The van der Waals surface area contributed by atoms with Crippen molar-refractivity contribution in [3.05, 3.63) is 53.6 Å². The van der Waals surface area contributed by atoms with Crippen LogP contribution in [-0.2, 0) is 6.42 Å². The van der Waals surface area contributed by atoms with Gasteiger partial charge in [-0.05, 0) is 71.6 Å². The number of allylic oxidation sites excluding steroid dienone is 2. The van der Waals surface area contributed by atoms with Crippen LogP contribution in [0.25, 0.3) is 16.3 Å². The summed E-state index contributed by atoms with van der Waals surface area (Å²) in [6.45, 7) is 4.59. The molecule has 1 aliphatic rings. The molecule has 0 N–H and O–H groups in total. The standard InChI is InChI=1S/C26H36/c1-3-5-6-7-8-10-22-13-16-26-20-25(18-17-24(26)19-22)23-14-11-21(9-4-2)12-15-23/h13-14,16-21H,3-12,15H2,1-2H3. The molecule has 0 radical (unpaired) electrons. The van der Waals surface area contributed by atoms with E-state index in [1.165, 1.54) is 92.5 Å². The van der Waals surface area contributed by atoms with E-state index in [4.69, 9.17) is 0 Å². The fourth-order valence-corrected chi connectivity index (χ4v) is 4.40.